The lowest BCUT2D eigenvalue weighted by Gasteiger charge is -2.22. The molecule has 0 atom stereocenters. The first-order chi connectivity index (χ1) is 9.38. The van der Waals surface area contributed by atoms with Crippen molar-refractivity contribution in [1.82, 2.24) is 5.32 Å². The van der Waals surface area contributed by atoms with Gasteiger partial charge in [0.05, 0.1) is 19.1 Å². The van der Waals surface area contributed by atoms with Crippen LogP contribution >= 0.6 is 0 Å². The third-order valence-corrected chi connectivity index (χ3v) is 3.98. The van der Waals surface area contributed by atoms with Crippen LogP contribution in [0, 0.1) is 0 Å². The van der Waals surface area contributed by atoms with Gasteiger partial charge in [-0.2, -0.15) is 0 Å². The number of nitrogens with zero attached hydrogens (tertiary/aromatic N) is 1. The van der Waals surface area contributed by atoms with Crippen molar-refractivity contribution in [1.29, 1.82) is 0 Å². The number of rotatable bonds is 7. The van der Waals surface area contributed by atoms with E-state index >= 15 is 0 Å². The summed E-state index contributed by atoms with van der Waals surface area (Å²) in [6, 6.07) is 6.82. The Bertz CT molecular complexity index is 557. The second-order valence-corrected chi connectivity index (χ2v) is 6.22. The lowest BCUT2D eigenvalue weighted by Crippen LogP contribution is -2.31. The van der Waals surface area contributed by atoms with Gasteiger partial charge in [0.15, 0.2) is 0 Å². The average molecular weight is 300 g/mol. The molecule has 0 saturated carbocycles. The highest BCUT2D eigenvalue weighted by atomic mass is 32.2. The van der Waals surface area contributed by atoms with E-state index in [9.17, 15) is 13.2 Å². The third kappa shape index (κ3) is 4.73. The van der Waals surface area contributed by atoms with E-state index in [4.69, 9.17) is 4.74 Å². The van der Waals surface area contributed by atoms with Gasteiger partial charge < -0.3 is 10.1 Å². The highest BCUT2D eigenvalue weighted by molar-refractivity contribution is 7.92. The highest BCUT2D eigenvalue weighted by Gasteiger charge is 2.17. The van der Waals surface area contributed by atoms with Gasteiger partial charge in [0.2, 0.25) is 15.9 Å². The summed E-state index contributed by atoms with van der Waals surface area (Å²) in [7, 11) is -0.324. The molecule has 1 aromatic carbocycles. The highest BCUT2D eigenvalue weighted by Crippen LogP contribution is 2.23. The number of nitrogens with one attached hydrogen (secondary N) is 1. The first-order valence-electron chi connectivity index (χ1n) is 6.21. The number of hydrogen-bond acceptors (Lipinski definition) is 4. The number of carbonyl (C=O) groups excluding carboxylic acids is 1. The molecule has 0 spiro atoms. The second-order valence-electron chi connectivity index (χ2n) is 4.31. The maximum atomic E-state index is 11.9. The van der Waals surface area contributed by atoms with Crippen LogP contribution in [0.15, 0.2) is 24.3 Å². The Labute approximate surface area is 119 Å². The summed E-state index contributed by atoms with van der Waals surface area (Å²) in [6.07, 6.45) is 1.88. The van der Waals surface area contributed by atoms with E-state index in [1.807, 2.05) is 0 Å². The molecule has 0 aliphatic heterocycles. The van der Waals surface area contributed by atoms with Crippen LogP contribution < -0.4 is 14.4 Å². The molecule has 0 bridgehead atoms. The molecule has 0 unspecified atom stereocenters. The van der Waals surface area contributed by atoms with Gasteiger partial charge in [-0.1, -0.05) is 6.07 Å². The number of sulfonamides is 1. The maximum Gasteiger partial charge on any atom is 0.232 e. The number of carbonyl (C=O) groups is 1. The fourth-order valence-electron chi connectivity index (χ4n) is 1.76. The number of methoxy groups -OCH3 is 1. The predicted octanol–water partition coefficient (Wildman–Crippen LogP) is 0.987. The maximum absolute atomic E-state index is 11.9. The molecule has 0 saturated heterocycles. The summed E-state index contributed by atoms with van der Waals surface area (Å²) in [5.41, 5.74) is 0.531. The molecule has 1 aromatic rings. The van der Waals surface area contributed by atoms with Crippen LogP contribution in [0.4, 0.5) is 5.69 Å². The van der Waals surface area contributed by atoms with Crippen LogP contribution in [-0.2, 0) is 14.8 Å². The van der Waals surface area contributed by atoms with Gasteiger partial charge in [-0.15, -0.1) is 0 Å². The molecule has 0 aliphatic carbocycles. The Morgan fingerprint density at radius 3 is 2.65 bits per heavy atom. The molecule has 112 valence electrons. The summed E-state index contributed by atoms with van der Waals surface area (Å²) >= 11 is 0. The lowest BCUT2D eigenvalue weighted by atomic mass is 10.2. The van der Waals surface area contributed by atoms with Crippen molar-refractivity contribution in [2.24, 2.45) is 0 Å². The Morgan fingerprint density at radius 2 is 2.10 bits per heavy atom. The van der Waals surface area contributed by atoms with Crippen LogP contribution in [0.25, 0.3) is 0 Å². The minimum absolute atomic E-state index is 0.107. The van der Waals surface area contributed by atoms with E-state index in [-0.39, 0.29) is 18.9 Å². The molecular formula is C13H20N2O4S. The van der Waals surface area contributed by atoms with Crippen molar-refractivity contribution in [3.8, 4) is 5.75 Å². The number of ether oxygens (including phenoxy) is 1. The van der Waals surface area contributed by atoms with E-state index in [2.05, 4.69) is 5.32 Å². The number of amides is 1. The van der Waals surface area contributed by atoms with E-state index in [1.54, 1.807) is 31.3 Å². The SMILES string of the molecule is CNC(=O)CCCN(c1cccc(OC)c1)S(C)(=O)=O. The fourth-order valence-corrected chi connectivity index (χ4v) is 2.72. The Hall–Kier alpha value is -1.76. The van der Waals surface area contributed by atoms with E-state index in [1.165, 1.54) is 11.4 Å². The molecule has 0 fully saturated rings. The molecule has 0 aromatic heterocycles. The molecule has 1 amide bonds. The Morgan fingerprint density at radius 1 is 1.40 bits per heavy atom. The molecular weight excluding hydrogens is 280 g/mol. The molecule has 20 heavy (non-hydrogen) atoms. The summed E-state index contributed by atoms with van der Waals surface area (Å²) < 4.78 is 30.1. The van der Waals surface area contributed by atoms with Crippen LogP contribution in [0.5, 0.6) is 5.75 Å². The molecule has 7 heteroatoms. The number of anilines is 1. The number of benzene rings is 1. The van der Waals surface area contributed by atoms with Crippen molar-refractivity contribution >= 4 is 21.6 Å². The molecule has 0 aliphatic rings. The molecule has 1 rings (SSSR count). The van der Waals surface area contributed by atoms with Gasteiger partial charge in [-0.05, 0) is 18.6 Å². The van der Waals surface area contributed by atoms with Crippen molar-refractivity contribution in [2.75, 3.05) is 31.3 Å². The lowest BCUT2D eigenvalue weighted by molar-refractivity contribution is -0.120. The predicted molar refractivity (Wildman–Crippen MR) is 78.5 cm³/mol. The van der Waals surface area contributed by atoms with Gasteiger partial charge in [-0.3, -0.25) is 9.10 Å². The minimum atomic E-state index is -3.40. The first kappa shape index (κ1) is 16.3. The largest absolute Gasteiger partial charge is 0.497 e. The monoisotopic (exact) mass is 300 g/mol. The summed E-state index contributed by atoms with van der Waals surface area (Å²) in [5.74, 6) is 0.478. The first-order valence-corrected chi connectivity index (χ1v) is 8.05. The van der Waals surface area contributed by atoms with E-state index in [0.29, 0.717) is 17.9 Å². The van der Waals surface area contributed by atoms with Crippen molar-refractivity contribution in [3.05, 3.63) is 24.3 Å². The van der Waals surface area contributed by atoms with Crippen LogP contribution in [-0.4, -0.2) is 41.3 Å². The van der Waals surface area contributed by atoms with Crippen LogP contribution in [0.2, 0.25) is 0 Å². The van der Waals surface area contributed by atoms with Crippen molar-refractivity contribution in [2.45, 2.75) is 12.8 Å². The standard InChI is InChI=1S/C13H20N2O4S/c1-14-13(16)8-5-9-15(20(3,17)18)11-6-4-7-12(10-11)19-2/h4,6-7,10H,5,8-9H2,1-3H3,(H,14,16). The van der Waals surface area contributed by atoms with Crippen LogP contribution in [0.1, 0.15) is 12.8 Å². The van der Waals surface area contributed by atoms with Gasteiger partial charge >= 0.3 is 0 Å². The average Bonchev–Trinajstić information content (AvgIpc) is 2.41. The van der Waals surface area contributed by atoms with E-state index < -0.39 is 10.0 Å². The van der Waals surface area contributed by atoms with Crippen molar-refractivity contribution in [3.63, 3.8) is 0 Å². The quantitative estimate of drug-likeness (QED) is 0.814. The Balaban J connectivity index is 2.87. The Kier molecular flexibility index (Phi) is 5.82. The zero-order valence-electron chi connectivity index (χ0n) is 11.9. The van der Waals surface area contributed by atoms with Gasteiger partial charge in [0.1, 0.15) is 5.75 Å². The normalized spacial score (nSPS) is 10.9. The molecule has 6 nitrogen and oxygen atoms in total. The summed E-state index contributed by atoms with van der Waals surface area (Å²) in [6.45, 7) is 0.249. The zero-order valence-corrected chi connectivity index (χ0v) is 12.7. The third-order valence-electron chi connectivity index (χ3n) is 2.79. The number of hydrogen-bond donors (Lipinski definition) is 1. The summed E-state index contributed by atoms with van der Waals surface area (Å²) in [4.78, 5) is 11.2. The van der Waals surface area contributed by atoms with Gasteiger partial charge in [-0.25, -0.2) is 8.42 Å². The van der Waals surface area contributed by atoms with Crippen molar-refractivity contribution < 1.29 is 17.9 Å². The van der Waals surface area contributed by atoms with Gasteiger partial charge in [0, 0.05) is 26.1 Å². The van der Waals surface area contributed by atoms with Crippen LogP contribution in [0.3, 0.4) is 0 Å². The molecule has 0 heterocycles. The fraction of sp³-hybridized carbons (Fsp3) is 0.462. The topological polar surface area (TPSA) is 75.7 Å². The zero-order chi connectivity index (χ0) is 15.2. The van der Waals surface area contributed by atoms with E-state index in [0.717, 1.165) is 6.26 Å². The molecule has 0 radical (unpaired) electrons. The van der Waals surface area contributed by atoms with Gasteiger partial charge in [0.25, 0.3) is 0 Å². The minimum Gasteiger partial charge on any atom is -0.497 e. The summed E-state index contributed by atoms with van der Waals surface area (Å²) in [5, 5.41) is 2.51. The second kappa shape index (κ2) is 7.14. The molecule has 1 N–H and O–H groups in total. The smallest absolute Gasteiger partial charge is 0.232 e.